The lowest BCUT2D eigenvalue weighted by Crippen LogP contribution is -2.15. The van der Waals surface area contributed by atoms with E-state index in [2.05, 4.69) is 15.0 Å². The second-order valence-corrected chi connectivity index (χ2v) is 8.67. The maximum Gasteiger partial charge on any atom is 0.266 e. The predicted octanol–water partition coefficient (Wildman–Crippen LogP) is 5.30. The molecule has 0 aliphatic rings. The molecule has 1 atom stereocenters. The van der Waals surface area contributed by atoms with E-state index in [9.17, 15) is 12.8 Å². The Balaban J connectivity index is 1.88. The molecule has 27 heavy (non-hydrogen) atoms. The van der Waals surface area contributed by atoms with E-state index < -0.39 is 20.7 Å². The Morgan fingerprint density at radius 1 is 1.26 bits per heavy atom. The Kier molecular flexibility index (Phi) is 5.98. The second kappa shape index (κ2) is 8.24. The summed E-state index contributed by atoms with van der Waals surface area (Å²) in [6.07, 6.45) is 2.20. The average molecular weight is 426 g/mol. The lowest BCUT2D eigenvalue weighted by molar-refractivity contribution is 0.570. The summed E-state index contributed by atoms with van der Waals surface area (Å²) in [6.45, 7) is 1.99. The summed E-state index contributed by atoms with van der Waals surface area (Å²) < 4.78 is 41.7. The number of hydrogen-bond acceptors (Lipinski definition) is 5. The van der Waals surface area contributed by atoms with Gasteiger partial charge in [0, 0.05) is 11.6 Å². The molecule has 2 N–H and O–H groups in total. The molecule has 1 aromatic heterocycles. The van der Waals surface area contributed by atoms with Crippen LogP contribution in [0.25, 0.3) is 0 Å². The maximum absolute atomic E-state index is 14.6. The van der Waals surface area contributed by atoms with Gasteiger partial charge in [0.1, 0.15) is 10.7 Å². The molecule has 0 aliphatic heterocycles. The van der Waals surface area contributed by atoms with Gasteiger partial charge in [0.2, 0.25) is 0 Å². The van der Waals surface area contributed by atoms with Crippen molar-refractivity contribution in [1.82, 2.24) is 4.98 Å². The molecule has 5 nitrogen and oxygen atoms in total. The first-order chi connectivity index (χ1) is 12.9. The number of nitrogens with one attached hydrogen (secondary N) is 2. The van der Waals surface area contributed by atoms with Gasteiger partial charge in [-0.05, 0) is 24.1 Å². The molecule has 3 rings (SSSR count). The highest BCUT2D eigenvalue weighted by Gasteiger charge is 2.23. The summed E-state index contributed by atoms with van der Waals surface area (Å²) in [4.78, 5) is 3.31. The van der Waals surface area contributed by atoms with E-state index in [1.807, 2.05) is 37.3 Å². The quantitative estimate of drug-likeness (QED) is 0.538. The Bertz CT molecular complexity index is 1010. The number of thiazole rings is 1. The summed E-state index contributed by atoms with van der Waals surface area (Å²) in [5.41, 5.74) is 1.36. The Morgan fingerprint density at radius 2 is 2.00 bits per heavy atom. The van der Waals surface area contributed by atoms with Gasteiger partial charge in [-0.1, -0.05) is 48.9 Å². The highest BCUT2D eigenvalue weighted by Crippen LogP contribution is 2.32. The normalized spacial score (nSPS) is 12.6. The Labute approximate surface area is 166 Å². The third-order valence-corrected chi connectivity index (χ3v) is 6.39. The molecule has 0 fully saturated rings. The van der Waals surface area contributed by atoms with Crippen LogP contribution in [-0.4, -0.2) is 13.4 Å². The second-order valence-electron chi connectivity index (χ2n) is 5.72. The van der Waals surface area contributed by atoms with Gasteiger partial charge >= 0.3 is 0 Å². The van der Waals surface area contributed by atoms with Crippen molar-refractivity contribution >= 4 is 43.8 Å². The molecule has 3 aromatic rings. The van der Waals surface area contributed by atoms with E-state index in [1.54, 1.807) is 5.38 Å². The molecular weight excluding hydrogens is 409 g/mol. The van der Waals surface area contributed by atoms with Gasteiger partial charge in [-0.15, -0.1) is 11.3 Å². The molecule has 0 unspecified atom stereocenters. The van der Waals surface area contributed by atoms with Crippen LogP contribution in [0.5, 0.6) is 0 Å². The first-order valence-electron chi connectivity index (χ1n) is 8.13. The average Bonchev–Trinajstić information content (AvgIpc) is 3.15. The Morgan fingerprint density at radius 3 is 2.63 bits per heavy atom. The van der Waals surface area contributed by atoms with Crippen LogP contribution in [0.2, 0.25) is 5.02 Å². The summed E-state index contributed by atoms with van der Waals surface area (Å²) in [6, 6.07) is 11.8. The van der Waals surface area contributed by atoms with E-state index in [0.717, 1.165) is 35.5 Å². The van der Waals surface area contributed by atoms with Gasteiger partial charge in [0.25, 0.3) is 10.0 Å². The van der Waals surface area contributed by atoms with Crippen molar-refractivity contribution in [1.29, 1.82) is 0 Å². The standard InChI is InChI=1S/C18H17ClFN3O2S2/c1-2-15(12-6-4-3-5-7-12)22-16-11-14(20)17(10-13(16)19)27(24,25)23-18-21-8-9-26-18/h3-11,15,22H,2H2,1H3,(H,21,23)/t15-/m0/s1. The number of hydrogen-bond donors (Lipinski definition) is 2. The zero-order valence-corrected chi connectivity index (χ0v) is 16.7. The number of sulfonamides is 1. The van der Waals surface area contributed by atoms with Crippen molar-refractivity contribution in [3.63, 3.8) is 0 Å². The van der Waals surface area contributed by atoms with Gasteiger partial charge in [0.15, 0.2) is 5.13 Å². The molecule has 1 heterocycles. The largest absolute Gasteiger partial charge is 0.377 e. The summed E-state index contributed by atoms with van der Waals surface area (Å²) in [5.74, 6) is -0.895. The first kappa shape index (κ1) is 19.6. The van der Waals surface area contributed by atoms with E-state index in [-0.39, 0.29) is 16.2 Å². The fourth-order valence-corrected chi connectivity index (χ4v) is 4.74. The van der Waals surface area contributed by atoms with Crippen molar-refractivity contribution < 1.29 is 12.8 Å². The number of anilines is 2. The van der Waals surface area contributed by atoms with Crippen LogP contribution >= 0.6 is 22.9 Å². The van der Waals surface area contributed by atoms with Gasteiger partial charge < -0.3 is 5.32 Å². The van der Waals surface area contributed by atoms with Gasteiger partial charge in [0.05, 0.1) is 16.8 Å². The van der Waals surface area contributed by atoms with Crippen molar-refractivity contribution in [3.8, 4) is 0 Å². The van der Waals surface area contributed by atoms with Gasteiger partial charge in [-0.25, -0.2) is 17.8 Å². The van der Waals surface area contributed by atoms with Gasteiger partial charge in [-0.2, -0.15) is 0 Å². The van der Waals surface area contributed by atoms with Crippen LogP contribution in [0.15, 0.2) is 58.9 Å². The van der Waals surface area contributed by atoms with Crippen LogP contribution in [0.3, 0.4) is 0 Å². The number of nitrogens with zero attached hydrogens (tertiary/aromatic N) is 1. The van der Waals surface area contributed by atoms with Crippen molar-refractivity contribution in [3.05, 3.63) is 70.4 Å². The monoisotopic (exact) mass is 425 g/mol. The van der Waals surface area contributed by atoms with Crippen LogP contribution < -0.4 is 10.0 Å². The highest BCUT2D eigenvalue weighted by molar-refractivity contribution is 7.93. The van der Waals surface area contributed by atoms with E-state index >= 15 is 0 Å². The van der Waals surface area contributed by atoms with Crippen LogP contribution in [0, 0.1) is 5.82 Å². The van der Waals surface area contributed by atoms with E-state index in [0.29, 0.717) is 5.69 Å². The minimum atomic E-state index is -4.13. The molecule has 0 bridgehead atoms. The number of benzene rings is 2. The number of halogens is 2. The van der Waals surface area contributed by atoms with E-state index in [4.69, 9.17) is 11.6 Å². The van der Waals surface area contributed by atoms with Crippen molar-refractivity contribution in [2.75, 3.05) is 10.0 Å². The third-order valence-electron chi connectivity index (χ3n) is 3.91. The fourth-order valence-electron chi connectivity index (χ4n) is 2.58. The predicted molar refractivity (Wildman–Crippen MR) is 107 cm³/mol. The minimum Gasteiger partial charge on any atom is -0.377 e. The first-order valence-corrected chi connectivity index (χ1v) is 10.9. The minimum absolute atomic E-state index is 0.0843. The molecular formula is C18H17ClFN3O2S2. The Hall–Kier alpha value is -2.16. The lowest BCUT2D eigenvalue weighted by Gasteiger charge is -2.20. The number of rotatable bonds is 7. The number of aromatic nitrogens is 1. The van der Waals surface area contributed by atoms with Crippen LogP contribution in [0.1, 0.15) is 24.9 Å². The third kappa shape index (κ3) is 4.58. The molecule has 9 heteroatoms. The smallest absolute Gasteiger partial charge is 0.266 e. The van der Waals surface area contributed by atoms with Crippen LogP contribution in [-0.2, 0) is 10.0 Å². The topological polar surface area (TPSA) is 71.1 Å². The molecule has 0 radical (unpaired) electrons. The summed E-state index contributed by atoms with van der Waals surface area (Å²) in [5, 5.41) is 5.07. The molecule has 0 aliphatic carbocycles. The van der Waals surface area contributed by atoms with Crippen LogP contribution in [0.4, 0.5) is 15.2 Å². The zero-order chi connectivity index (χ0) is 19.4. The SMILES string of the molecule is CC[C@H](Nc1cc(F)c(S(=O)(=O)Nc2nccs2)cc1Cl)c1ccccc1. The molecule has 0 saturated carbocycles. The van der Waals surface area contributed by atoms with E-state index in [1.165, 1.54) is 6.20 Å². The fraction of sp³-hybridized carbons (Fsp3) is 0.167. The highest BCUT2D eigenvalue weighted by atomic mass is 35.5. The van der Waals surface area contributed by atoms with Crippen molar-refractivity contribution in [2.24, 2.45) is 0 Å². The zero-order valence-electron chi connectivity index (χ0n) is 14.3. The van der Waals surface area contributed by atoms with Crippen molar-refractivity contribution in [2.45, 2.75) is 24.3 Å². The molecule has 142 valence electrons. The summed E-state index contributed by atoms with van der Waals surface area (Å²) >= 11 is 7.34. The molecule has 0 amide bonds. The maximum atomic E-state index is 14.6. The lowest BCUT2D eigenvalue weighted by atomic mass is 10.0. The summed E-state index contributed by atoms with van der Waals surface area (Å²) in [7, 11) is -4.13. The molecule has 2 aromatic carbocycles. The molecule has 0 spiro atoms. The molecule has 0 saturated heterocycles. The van der Waals surface area contributed by atoms with Gasteiger partial charge in [-0.3, -0.25) is 4.72 Å².